The van der Waals surface area contributed by atoms with Crippen molar-refractivity contribution in [1.29, 1.82) is 0 Å². The molecule has 2 rings (SSSR count). The number of aromatic nitrogens is 1. The van der Waals surface area contributed by atoms with Crippen LogP contribution in [0.1, 0.15) is 10.5 Å². The van der Waals surface area contributed by atoms with Crippen LogP contribution in [-0.2, 0) is 16.6 Å². The lowest BCUT2D eigenvalue weighted by atomic mass is 10.3. The first-order chi connectivity index (χ1) is 12.8. The minimum Gasteiger partial charge on any atom is -0.492 e. The van der Waals surface area contributed by atoms with Gasteiger partial charge in [-0.15, -0.1) is 0 Å². The molecule has 0 saturated carbocycles. The van der Waals surface area contributed by atoms with Crippen LogP contribution in [0.15, 0.2) is 36.5 Å². The fraction of sp³-hybridized carbons (Fsp3) is 0.294. The van der Waals surface area contributed by atoms with E-state index in [1.165, 1.54) is 22.7 Å². The molecule has 0 atom stereocenters. The van der Waals surface area contributed by atoms with E-state index in [4.69, 9.17) is 21.1 Å². The van der Waals surface area contributed by atoms with E-state index in [-0.39, 0.29) is 24.5 Å². The predicted octanol–water partition coefficient (Wildman–Crippen LogP) is 2.28. The molecule has 0 aliphatic rings. The summed E-state index contributed by atoms with van der Waals surface area (Å²) in [5.41, 5.74) is -0.240. The Morgan fingerprint density at radius 1 is 1.30 bits per heavy atom. The Morgan fingerprint density at radius 2 is 1.96 bits per heavy atom. The van der Waals surface area contributed by atoms with Crippen LogP contribution in [-0.4, -0.2) is 53.1 Å². The first-order valence-corrected chi connectivity index (χ1v) is 8.26. The molecule has 9 nitrogen and oxygen atoms in total. The second kappa shape index (κ2) is 9.04. The Bertz CT molecular complexity index is 834. The number of benzene rings is 1. The first kappa shape index (κ1) is 20.2. The van der Waals surface area contributed by atoms with E-state index in [1.807, 2.05) is 0 Å². The number of aryl methyl sites for hydroxylation is 1. The zero-order valence-corrected chi connectivity index (χ0v) is 15.5. The number of nitrogens with zero attached hydrogens (tertiary/aromatic N) is 3. The number of carbonyl (C=O) groups is 2. The largest absolute Gasteiger partial charge is 0.492 e. The molecule has 0 unspecified atom stereocenters. The fourth-order valence-electron chi connectivity index (χ4n) is 2.12. The zero-order valence-electron chi connectivity index (χ0n) is 14.8. The van der Waals surface area contributed by atoms with E-state index >= 15 is 0 Å². The summed E-state index contributed by atoms with van der Waals surface area (Å²) in [7, 11) is 3.03. The fourth-order valence-corrected chi connectivity index (χ4v) is 2.24. The molecule has 0 aliphatic carbocycles. The summed E-state index contributed by atoms with van der Waals surface area (Å²) < 4.78 is 11.7. The highest BCUT2D eigenvalue weighted by atomic mass is 35.5. The van der Waals surface area contributed by atoms with E-state index in [0.29, 0.717) is 10.8 Å². The van der Waals surface area contributed by atoms with Gasteiger partial charge in [-0.2, -0.15) is 0 Å². The maximum absolute atomic E-state index is 12.0. The molecule has 2 aromatic rings. The van der Waals surface area contributed by atoms with Crippen LogP contribution >= 0.6 is 11.6 Å². The maximum atomic E-state index is 12.0. The molecule has 0 fully saturated rings. The molecular weight excluding hydrogens is 378 g/mol. The van der Waals surface area contributed by atoms with Crippen molar-refractivity contribution in [1.82, 2.24) is 9.47 Å². The number of nitro groups is 1. The van der Waals surface area contributed by atoms with Crippen molar-refractivity contribution >= 4 is 29.2 Å². The van der Waals surface area contributed by atoms with E-state index in [0.717, 1.165) is 6.07 Å². The molecule has 0 spiro atoms. The summed E-state index contributed by atoms with van der Waals surface area (Å²) >= 11 is 5.78. The summed E-state index contributed by atoms with van der Waals surface area (Å²) in [5, 5.41) is 11.3. The molecule has 27 heavy (non-hydrogen) atoms. The van der Waals surface area contributed by atoms with Gasteiger partial charge in [-0.1, -0.05) is 11.6 Å². The molecular formula is C17H18ClN3O6. The number of hydrogen-bond donors (Lipinski definition) is 0. The average molecular weight is 396 g/mol. The molecule has 0 bridgehead atoms. The number of hydrogen-bond acceptors (Lipinski definition) is 6. The van der Waals surface area contributed by atoms with Crippen LogP contribution in [0, 0.1) is 10.1 Å². The van der Waals surface area contributed by atoms with Gasteiger partial charge in [-0.25, -0.2) is 4.79 Å². The molecule has 10 heteroatoms. The Hall–Kier alpha value is -3.07. The van der Waals surface area contributed by atoms with Crippen molar-refractivity contribution in [3.8, 4) is 5.75 Å². The van der Waals surface area contributed by atoms with Gasteiger partial charge in [0.15, 0.2) is 6.61 Å². The van der Waals surface area contributed by atoms with Gasteiger partial charge in [-0.3, -0.25) is 14.9 Å². The van der Waals surface area contributed by atoms with Gasteiger partial charge in [0.05, 0.1) is 17.7 Å². The zero-order chi connectivity index (χ0) is 20.0. The Kier molecular flexibility index (Phi) is 6.78. The monoisotopic (exact) mass is 395 g/mol. The molecule has 1 aromatic heterocycles. The lowest BCUT2D eigenvalue weighted by Crippen LogP contribution is -2.34. The van der Waals surface area contributed by atoms with Crippen molar-refractivity contribution in [2.45, 2.75) is 0 Å². The van der Waals surface area contributed by atoms with Crippen molar-refractivity contribution < 1.29 is 24.0 Å². The Balaban J connectivity index is 1.77. The van der Waals surface area contributed by atoms with Crippen LogP contribution in [0.4, 0.5) is 5.69 Å². The number of halogens is 1. The molecule has 1 amide bonds. The van der Waals surface area contributed by atoms with E-state index in [1.54, 1.807) is 31.3 Å². The highest BCUT2D eigenvalue weighted by Crippen LogP contribution is 2.16. The first-order valence-electron chi connectivity index (χ1n) is 7.88. The van der Waals surface area contributed by atoms with Crippen LogP contribution in [0.25, 0.3) is 0 Å². The third-order valence-electron chi connectivity index (χ3n) is 3.67. The van der Waals surface area contributed by atoms with Crippen molar-refractivity contribution in [3.63, 3.8) is 0 Å². The molecule has 1 aromatic carbocycles. The van der Waals surface area contributed by atoms with Crippen molar-refractivity contribution in [2.24, 2.45) is 7.05 Å². The SMILES string of the molecule is CN(CCOc1ccc(Cl)cc1)C(=O)COC(=O)c1cc([N+](=O)[O-])cn1C. The van der Waals surface area contributed by atoms with Gasteiger partial charge < -0.3 is 18.9 Å². The maximum Gasteiger partial charge on any atom is 0.355 e. The molecule has 1 heterocycles. The quantitative estimate of drug-likeness (QED) is 0.386. The molecule has 0 N–H and O–H groups in total. The highest BCUT2D eigenvalue weighted by Gasteiger charge is 2.20. The van der Waals surface area contributed by atoms with Gasteiger partial charge in [0.2, 0.25) is 0 Å². The van der Waals surface area contributed by atoms with Gasteiger partial charge in [0.1, 0.15) is 18.1 Å². The Morgan fingerprint density at radius 3 is 2.56 bits per heavy atom. The number of carbonyl (C=O) groups excluding carboxylic acids is 2. The van der Waals surface area contributed by atoms with Crippen LogP contribution in [0.3, 0.4) is 0 Å². The molecule has 0 radical (unpaired) electrons. The van der Waals surface area contributed by atoms with Crippen LogP contribution in [0.2, 0.25) is 5.02 Å². The van der Waals surface area contributed by atoms with Gasteiger partial charge >= 0.3 is 5.97 Å². The summed E-state index contributed by atoms with van der Waals surface area (Å²) in [6.07, 6.45) is 1.19. The van der Waals surface area contributed by atoms with Crippen LogP contribution < -0.4 is 4.74 Å². The minimum atomic E-state index is -0.815. The van der Waals surface area contributed by atoms with Gasteiger partial charge in [0, 0.05) is 25.2 Å². The number of amides is 1. The van der Waals surface area contributed by atoms with Gasteiger partial charge in [0.25, 0.3) is 11.6 Å². The van der Waals surface area contributed by atoms with Crippen molar-refractivity contribution in [2.75, 3.05) is 26.8 Å². The Labute approximate surface area is 160 Å². The summed E-state index contributed by atoms with van der Waals surface area (Å²) in [6.45, 7) is 0.0612. The lowest BCUT2D eigenvalue weighted by molar-refractivity contribution is -0.384. The predicted molar refractivity (Wildman–Crippen MR) is 96.9 cm³/mol. The number of likely N-dealkylation sites (N-methyl/N-ethyl adjacent to an activating group) is 1. The highest BCUT2D eigenvalue weighted by molar-refractivity contribution is 6.30. The third-order valence-corrected chi connectivity index (χ3v) is 3.92. The summed E-state index contributed by atoms with van der Waals surface area (Å²) in [6, 6.07) is 7.91. The van der Waals surface area contributed by atoms with E-state index in [2.05, 4.69) is 0 Å². The summed E-state index contributed by atoms with van der Waals surface area (Å²) in [4.78, 5) is 35.5. The topological polar surface area (TPSA) is 104 Å². The minimum absolute atomic E-state index is 0.0109. The van der Waals surface area contributed by atoms with Crippen LogP contribution in [0.5, 0.6) is 5.75 Å². The molecule has 0 aliphatic heterocycles. The third kappa shape index (κ3) is 5.71. The van der Waals surface area contributed by atoms with E-state index < -0.39 is 23.4 Å². The van der Waals surface area contributed by atoms with Crippen molar-refractivity contribution in [3.05, 3.63) is 57.4 Å². The second-order valence-electron chi connectivity index (χ2n) is 5.65. The summed E-state index contributed by atoms with van der Waals surface area (Å²) in [5.74, 6) is -0.617. The van der Waals surface area contributed by atoms with E-state index in [9.17, 15) is 19.7 Å². The normalized spacial score (nSPS) is 10.3. The smallest absolute Gasteiger partial charge is 0.355 e. The van der Waals surface area contributed by atoms with Gasteiger partial charge in [-0.05, 0) is 24.3 Å². The molecule has 0 saturated heterocycles. The standard InChI is InChI=1S/C17H18ClN3O6/c1-19(7-8-26-14-5-3-12(18)4-6-14)16(22)11-27-17(23)15-9-13(21(24)25)10-20(15)2/h3-6,9-10H,7-8,11H2,1-2H3. The molecule has 144 valence electrons. The average Bonchev–Trinajstić information content (AvgIpc) is 3.03. The number of rotatable bonds is 8. The second-order valence-corrected chi connectivity index (χ2v) is 6.08. The lowest BCUT2D eigenvalue weighted by Gasteiger charge is -2.17. The number of ether oxygens (including phenoxy) is 2. The number of esters is 1.